The lowest BCUT2D eigenvalue weighted by atomic mass is 10.3. The maximum absolute atomic E-state index is 11.7. The largest absolute Gasteiger partial charge is 0.369 e. The minimum Gasteiger partial charge on any atom is -0.369 e. The quantitative estimate of drug-likeness (QED) is 0.630. The van der Waals surface area contributed by atoms with Gasteiger partial charge in [-0.1, -0.05) is 6.07 Å². The van der Waals surface area contributed by atoms with E-state index < -0.39 is 0 Å². The Bertz CT molecular complexity index is 526. The predicted octanol–water partition coefficient (Wildman–Crippen LogP) is 3.21. The van der Waals surface area contributed by atoms with Crippen molar-refractivity contribution in [3.05, 3.63) is 34.5 Å². The monoisotopic (exact) mass is 264 g/mol. The van der Waals surface area contributed by atoms with Crippen molar-refractivity contribution in [1.29, 1.82) is 0 Å². The van der Waals surface area contributed by atoms with Crippen LogP contribution in [0.2, 0.25) is 0 Å². The van der Waals surface area contributed by atoms with Crippen molar-refractivity contribution in [2.45, 2.75) is 0 Å². The molecule has 0 N–H and O–H groups in total. The van der Waals surface area contributed by atoms with E-state index in [0.717, 1.165) is 4.88 Å². The minimum atomic E-state index is -0.188. The van der Waals surface area contributed by atoms with Gasteiger partial charge < -0.3 is 4.90 Å². The lowest BCUT2D eigenvalue weighted by molar-refractivity contribution is 0.101. The summed E-state index contributed by atoms with van der Waals surface area (Å²) in [4.78, 5) is 20.3. The van der Waals surface area contributed by atoms with Gasteiger partial charge in [-0.25, -0.2) is 0 Å². The standard InChI is InChI=1S/C12H12N2OS2/c1-14(2)8-13-12(15)11-6-5-10(17-11)9-4-3-7-16-9/h3-8H,1-2H3. The van der Waals surface area contributed by atoms with Gasteiger partial charge in [0.05, 0.1) is 11.2 Å². The van der Waals surface area contributed by atoms with Gasteiger partial charge >= 0.3 is 0 Å². The summed E-state index contributed by atoms with van der Waals surface area (Å²) in [6.45, 7) is 0. The second-order valence-corrected chi connectivity index (χ2v) is 5.69. The number of aliphatic imine (C=N–C) groups is 1. The summed E-state index contributed by atoms with van der Waals surface area (Å²) in [6, 6.07) is 7.85. The Balaban J connectivity index is 2.16. The molecule has 0 unspecified atom stereocenters. The van der Waals surface area contributed by atoms with E-state index in [4.69, 9.17) is 0 Å². The number of carbonyl (C=O) groups excluding carboxylic acids is 1. The molecule has 0 fully saturated rings. The first-order valence-corrected chi connectivity index (χ1v) is 6.75. The van der Waals surface area contributed by atoms with Gasteiger partial charge in [-0.15, -0.1) is 22.7 Å². The SMILES string of the molecule is CN(C)C=NC(=O)c1ccc(-c2cccs2)s1. The van der Waals surface area contributed by atoms with Crippen LogP contribution in [0.5, 0.6) is 0 Å². The van der Waals surface area contributed by atoms with E-state index in [1.54, 1.807) is 16.2 Å². The number of hydrogen-bond donors (Lipinski definition) is 0. The number of carbonyl (C=O) groups is 1. The van der Waals surface area contributed by atoms with Gasteiger partial charge in [-0.2, -0.15) is 4.99 Å². The van der Waals surface area contributed by atoms with E-state index in [1.807, 2.05) is 43.7 Å². The number of hydrogen-bond acceptors (Lipinski definition) is 3. The molecule has 88 valence electrons. The fourth-order valence-corrected chi connectivity index (χ4v) is 2.97. The van der Waals surface area contributed by atoms with Gasteiger partial charge in [0.2, 0.25) is 0 Å². The zero-order chi connectivity index (χ0) is 12.3. The van der Waals surface area contributed by atoms with E-state index >= 15 is 0 Å². The molecule has 5 heteroatoms. The van der Waals surface area contributed by atoms with Crippen LogP contribution in [0.4, 0.5) is 0 Å². The second kappa shape index (κ2) is 5.25. The van der Waals surface area contributed by atoms with Crippen LogP contribution in [0, 0.1) is 0 Å². The molecule has 1 amide bonds. The third kappa shape index (κ3) is 3.01. The number of thiophene rings is 2. The summed E-state index contributed by atoms with van der Waals surface area (Å²) in [5, 5.41) is 2.03. The van der Waals surface area contributed by atoms with E-state index in [9.17, 15) is 4.79 Å². The molecule has 0 aliphatic rings. The molecule has 17 heavy (non-hydrogen) atoms. The van der Waals surface area contributed by atoms with Crippen molar-refractivity contribution >= 4 is 34.9 Å². The summed E-state index contributed by atoms with van der Waals surface area (Å²) in [5.74, 6) is -0.188. The summed E-state index contributed by atoms with van der Waals surface area (Å²) < 4.78 is 0. The summed E-state index contributed by atoms with van der Waals surface area (Å²) in [6.07, 6.45) is 1.52. The molecule has 2 heterocycles. The third-order valence-corrected chi connectivity index (χ3v) is 4.13. The minimum absolute atomic E-state index is 0.188. The van der Waals surface area contributed by atoms with Crippen molar-refractivity contribution in [3.63, 3.8) is 0 Å². The van der Waals surface area contributed by atoms with Crippen molar-refractivity contribution in [2.24, 2.45) is 4.99 Å². The Morgan fingerprint density at radius 2 is 2.12 bits per heavy atom. The smallest absolute Gasteiger partial charge is 0.288 e. The molecule has 0 aliphatic carbocycles. The van der Waals surface area contributed by atoms with Crippen LogP contribution < -0.4 is 0 Å². The molecule has 0 aliphatic heterocycles. The molecule has 0 aromatic carbocycles. The van der Waals surface area contributed by atoms with Crippen LogP contribution in [0.25, 0.3) is 9.75 Å². The highest BCUT2D eigenvalue weighted by molar-refractivity contribution is 7.22. The predicted molar refractivity (Wildman–Crippen MR) is 74.1 cm³/mol. The summed E-state index contributed by atoms with van der Waals surface area (Å²) in [5.41, 5.74) is 0. The van der Waals surface area contributed by atoms with Gasteiger partial charge in [0.15, 0.2) is 0 Å². The van der Waals surface area contributed by atoms with Crippen LogP contribution in [0.3, 0.4) is 0 Å². The number of amides is 1. The highest BCUT2D eigenvalue weighted by Crippen LogP contribution is 2.31. The van der Waals surface area contributed by atoms with E-state index in [2.05, 4.69) is 4.99 Å². The van der Waals surface area contributed by atoms with Crippen LogP contribution in [-0.2, 0) is 0 Å². The second-order valence-electron chi connectivity index (χ2n) is 3.65. The highest BCUT2D eigenvalue weighted by Gasteiger charge is 2.09. The zero-order valence-corrected chi connectivity index (χ0v) is 11.2. The van der Waals surface area contributed by atoms with Gasteiger partial charge in [-0.05, 0) is 23.6 Å². The fraction of sp³-hybridized carbons (Fsp3) is 0.167. The number of nitrogens with zero attached hydrogens (tertiary/aromatic N) is 2. The molecule has 0 bridgehead atoms. The van der Waals surface area contributed by atoms with E-state index in [1.165, 1.54) is 22.6 Å². The molecule has 3 nitrogen and oxygen atoms in total. The third-order valence-electron chi connectivity index (χ3n) is 1.99. The first-order chi connectivity index (χ1) is 8.16. The summed E-state index contributed by atoms with van der Waals surface area (Å²) in [7, 11) is 3.67. The van der Waals surface area contributed by atoms with Crippen molar-refractivity contribution in [1.82, 2.24) is 4.90 Å². The van der Waals surface area contributed by atoms with Crippen LogP contribution in [0.1, 0.15) is 9.67 Å². The van der Waals surface area contributed by atoms with Crippen LogP contribution >= 0.6 is 22.7 Å². The first-order valence-electron chi connectivity index (χ1n) is 5.05. The maximum atomic E-state index is 11.7. The Morgan fingerprint density at radius 1 is 1.29 bits per heavy atom. The van der Waals surface area contributed by atoms with Crippen LogP contribution in [0.15, 0.2) is 34.6 Å². The molecule has 0 spiro atoms. The Hall–Kier alpha value is -1.46. The Labute approximate surface area is 108 Å². The topological polar surface area (TPSA) is 32.7 Å². The lowest BCUT2D eigenvalue weighted by Gasteiger charge is -2.00. The Morgan fingerprint density at radius 3 is 2.76 bits per heavy atom. The Kier molecular flexibility index (Phi) is 3.71. The van der Waals surface area contributed by atoms with Gasteiger partial charge in [0.25, 0.3) is 5.91 Å². The molecular weight excluding hydrogens is 252 g/mol. The van der Waals surface area contributed by atoms with Crippen molar-refractivity contribution in [2.75, 3.05) is 14.1 Å². The van der Waals surface area contributed by atoms with Crippen LogP contribution in [-0.4, -0.2) is 31.2 Å². The van der Waals surface area contributed by atoms with E-state index in [0.29, 0.717) is 4.88 Å². The maximum Gasteiger partial charge on any atom is 0.288 e. The lowest BCUT2D eigenvalue weighted by Crippen LogP contribution is -2.09. The molecule has 2 aromatic rings. The van der Waals surface area contributed by atoms with Crippen molar-refractivity contribution in [3.8, 4) is 9.75 Å². The van der Waals surface area contributed by atoms with Gasteiger partial charge in [0, 0.05) is 23.8 Å². The molecule has 2 rings (SSSR count). The average Bonchev–Trinajstić information content (AvgIpc) is 2.94. The van der Waals surface area contributed by atoms with Gasteiger partial charge in [0.1, 0.15) is 0 Å². The summed E-state index contributed by atoms with van der Waals surface area (Å²) >= 11 is 3.15. The fourth-order valence-electron chi connectivity index (χ4n) is 1.24. The number of rotatable bonds is 3. The molecule has 0 saturated heterocycles. The molecular formula is C12H12N2OS2. The average molecular weight is 264 g/mol. The molecule has 0 atom stereocenters. The van der Waals surface area contributed by atoms with E-state index in [-0.39, 0.29) is 5.91 Å². The van der Waals surface area contributed by atoms with Crippen molar-refractivity contribution < 1.29 is 4.79 Å². The molecule has 2 aromatic heterocycles. The zero-order valence-electron chi connectivity index (χ0n) is 9.58. The first kappa shape index (κ1) is 12.0. The molecule has 0 saturated carbocycles. The highest BCUT2D eigenvalue weighted by atomic mass is 32.1. The molecule has 0 radical (unpaired) electrons. The van der Waals surface area contributed by atoms with Gasteiger partial charge in [-0.3, -0.25) is 4.79 Å². The normalized spacial score (nSPS) is 10.9.